The van der Waals surface area contributed by atoms with Crippen LogP contribution in [-0.2, 0) is 10.8 Å². The number of hydrogen-bond donors (Lipinski definition) is 1. The molecule has 0 amide bonds. The van der Waals surface area contributed by atoms with Crippen LogP contribution in [0.3, 0.4) is 0 Å². The minimum Gasteiger partial charge on any atom is -0.369 e. The van der Waals surface area contributed by atoms with Crippen LogP contribution >= 0.6 is 11.6 Å². The molecule has 1 unspecified atom stereocenters. The summed E-state index contributed by atoms with van der Waals surface area (Å²) in [6.07, 6.45) is 1.67. The monoisotopic (exact) mass is 261 g/mol. The molecule has 6 heteroatoms. The van der Waals surface area contributed by atoms with E-state index in [2.05, 4.69) is 15.3 Å². The summed E-state index contributed by atoms with van der Waals surface area (Å²) in [4.78, 5) is 8.46. The fourth-order valence-electron chi connectivity index (χ4n) is 1.11. The molecule has 1 aromatic rings. The Bertz CT molecular complexity index is 384. The summed E-state index contributed by atoms with van der Waals surface area (Å²) < 4.78 is 10.9. The minimum atomic E-state index is -0.798. The van der Waals surface area contributed by atoms with Gasteiger partial charge in [0.15, 0.2) is 0 Å². The highest BCUT2D eigenvalue weighted by Crippen LogP contribution is 2.16. The van der Waals surface area contributed by atoms with Crippen molar-refractivity contribution in [1.29, 1.82) is 0 Å². The fourth-order valence-corrected chi connectivity index (χ4v) is 1.69. The maximum Gasteiger partial charge on any atom is 0.135 e. The van der Waals surface area contributed by atoms with Crippen molar-refractivity contribution in [2.24, 2.45) is 0 Å². The van der Waals surface area contributed by atoms with Crippen LogP contribution in [0.1, 0.15) is 25.6 Å². The Labute approximate surface area is 103 Å². The predicted molar refractivity (Wildman–Crippen MR) is 68.6 cm³/mol. The number of hydrogen-bond acceptors (Lipinski definition) is 4. The Morgan fingerprint density at radius 1 is 1.50 bits per heavy atom. The van der Waals surface area contributed by atoms with Crippen LogP contribution < -0.4 is 5.32 Å². The molecule has 0 saturated carbocycles. The highest BCUT2D eigenvalue weighted by atomic mass is 35.5. The first kappa shape index (κ1) is 13.4. The van der Waals surface area contributed by atoms with Crippen LogP contribution in [0.25, 0.3) is 0 Å². The standard InChI is InChI=1S/C10H16ClN3OS/c1-7(2)10-13-8(11)6-9(14-10)12-4-5-16(3)15/h6-7H,4-5H2,1-3H3,(H,12,13,14). The van der Waals surface area contributed by atoms with Crippen LogP contribution in [-0.4, -0.2) is 32.7 Å². The van der Waals surface area contributed by atoms with Gasteiger partial charge < -0.3 is 5.32 Å². The molecule has 0 radical (unpaired) electrons. The van der Waals surface area contributed by atoms with Crippen molar-refractivity contribution < 1.29 is 4.21 Å². The number of anilines is 1. The smallest absolute Gasteiger partial charge is 0.135 e. The number of rotatable bonds is 5. The van der Waals surface area contributed by atoms with Crippen LogP contribution in [0.5, 0.6) is 0 Å². The lowest BCUT2D eigenvalue weighted by atomic mass is 10.2. The molecule has 0 spiro atoms. The van der Waals surface area contributed by atoms with Gasteiger partial charge in [-0.05, 0) is 0 Å². The van der Waals surface area contributed by atoms with Crippen molar-refractivity contribution in [3.8, 4) is 0 Å². The summed E-state index contributed by atoms with van der Waals surface area (Å²) in [5.41, 5.74) is 0. The lowest BCUT2D eigenvalue weighted by Gasteiger charge is -2.08. The summed E-state index contributed by atoms with van der Waals surface area (Å²) in [7, 11) is -0.798. The van der Waals surface area contributed by atoms with Gasteiger partial charge in [-0.25, -0.2) is 9.97 Å². The van der Waals surface area contributed by atoms with Gasteiger partial charge in [0.2, 0.25) is 0 Å². The molecule has 4 nitrogen and oxygen atoms in total. The topological polar surface area (TPSA) is 54.9 Å². The van der Waals surface area contributed by atoms with Gasteiger partial charge in [-0.15, -0.1) is 0 Å². The average Bonchev–Trinajstić information content (AvgIpc) is 2.16. The van der Waals surface area contributed by atoms with E-state index in [-0.39, 0.29) is 5.92 Å². The van der Waals surface area contributed by atoms with E-state index in [1.54, 1.807) is 12.3 Å². The van der Waals surface area contributed by atoms with Gasteiger partial charge >= 0.3 is 0 Å². The van der Waals surface area contributed by atoms with Crippen LogP contribution in [0.15, 0.2) is 6.07 Å². The van der Waals surface area contributed by atoms with E-state index in [4.69, 9.17) is 11.6 Å². The molecular formula is C10H16ClN3OS. The minimum absolute atomic E-state index is 0.236. The maximum atomic E-state index is 10.9. The largest absolute Gasteiger partial charge is 0.369 e. The first-order valence-corrected chi connectivity index (χ1v) is 7.18. The molecule has 0 aliphatic heterocycles. The number of aromatic nitrogens is 2. The Balaban J connectivity index is 2.69. The molecule has 1 aromatic heterocycles. The lowest BCUT2D eigenvalue weighted by Crippen LogP contribution is -2.12. The van der Waals surface area contributed by atoms with Crippen molar-refractivity contribution in [3.05, 3.63) is 17.0 Å². The van der Waals surface area contributed by atoms with Gasteiger partial charge in [-0.3, -0.25) is 4.21 Å². The highest BCUT2D eigenvalue weighted by Gasteiger charge is 2.06. The summed E-state index contributed by atoms with van der Waals surface area (Å²) in [5, 5.41) is 3.51. The Kier molecular flexibility index (Phi) is 5.15. The van der Waals surface area contributed by atoms with Gasteiger partial charge in [0, 0.05) is 41.3 Å². The van der Waals surface area contributed by atoms with Crippen molar-refractivity contribution in [3.63, 3.8) is 0 Å². The summed E-state index contributed by atoms with van der Waals surface area (Å²) in [6.45, 7) is 4.64. The quantitative estimate of drug-likeness (QED) is 0.825. The molecule has 0 aliphatic carbocycles. The molecule has 1 rings (SSSR count). The second-order valence-corrected chi connectivity index (χ2v) is 5.73. The molecular weight excluding hydrogens is 246 g/mol. The summed E-state index contributed by atoms with van der Waals surface area (Å²) >= 11 is 5.88. The second-order valence-electron chi connectivity index (χ2n) is 3.79. The van der Waals surface area contributed by atoms with Crippen LogP contribution in [0.4, 0.5) is 5.82 Å². The summed E-state index contributed by atoms with van der Waals surface area (Å²) in [6, 6.07) is 1.67. The van der Waals surface area contributed by atoms with E-state index >= 15 is 0 Å². The molecule has 16 heavy (non-hydrogen) atoms. The lowest BCUT2D eigenvalue weighted by molar-refractivity contribution is 0.687. The van der Waals surface area contributed by atoms with Crippen molar-refractivity contribution in [2.75, 3.05) is 23.9 Å². The van der Waals surface area contributed by atoms with E-state index in [1.165, 1.54) is 0 Å². The second kappa shape index (κ2) is 6.15. The zero-order chi connectivity index (χ0) is 12.1. The Morgan fingerprint density at radius 2 is 2.19 bits per heavy atom. The van der Waals surface area contributed by atoms with Gasteiger partial charge in [0.05, 0.1) is 0 Å². The molecule has 0 bridgehead atoms. The van der Waals surface area contributed by atoms with Crippen molar-refractivity contribution >= 4 is 28.2 Å². The van der Waals surface area contributed by atoms with Gasteiger partial charge in [-0.2, -0.15) is 0 Å². The molecule has 90 valence electrons. The van der Waals surface area contributed by atoms with Crippen LogP contribution in [0.2, 0.25) is 5.15 Å². The molecule has 1 atom stereocenters. The number of nitrogens with zero attached hydrogens (tertiary/aromatic N) is 2. The SMILES string of the molecule is CC(C)c1nc(Cl)cc(NCCS(C)=O)n1. The zero-order valence-corrected chi connectivity index (χ0v) is 11.2. The Hall–Kier alpha value is -0.680. The molecule has 0 aliphatic rings. The molecule has 1 N–H and O–H groups in total. The molecule has 1 heterocycles. The molecule has 0 aromatic carbocycles. The number of nitrogens with one attached hydrogen (secondary N) is 1. The predicted octanol–water partition coefficient (Wildman–Crippen LogP) is 2.04. The molecule has 0 fully saturated rings. The normalized spacial score (nSPS) is 12.8. The Morgan fingerprint density at radius 3 is 2.75 bits per heavy atom. The third-order valence-electron chi connectivity index (χ3n) is 1.92. The first-order valence-electron chi connectivity index (χ1n) is 5.07. The van der Waals surface area contributed by atoms with E-state index in [0.29, 0.717) is 29.1 Å². The van der Waals surface area contributed by atoms with Gasteiger partial charge in [-0.1, -0.05) is 25.4 Å². The maximum absolute atomic E-state index is 10.9. The first-order chi connectivity index (χ1) is 7.49. The van der Waals surface area contributed by atoms with Crippen LogP contribution in [0, 0.1) is 0 Å². The van der Waals surface area contributed by atoms with E-state index in [0.717, 1.165) is 0 Å². The van der Waals surface area contributed by atoms with E-state index in [9.17, 15) is 4.21 Å². The fraction of sp³-hybridized carbons (Fsp3) is 0.600. The third kappa shape index (κ3) is 4.45. The number of halogens is 1. The van der Waals surface area contributed by atoms with Gasteiger partial charge in [0.1, 0.15) is 16.8 Å². The van der Waals surface area contributed by atoms with E-state index < -0.39 is 10.8 Å². The third-order valence-corrected chi connectivity index (χ3v) is 2.90. The average molecular weight is 262 g/mol. The zero-order valence-electron chi connectivity index (χ0n) is 9.66. The summed E-state index contributed by atoms with van der Waals surface area (Å²) in [5.74, 6) is 2.24. The van der Waals surface area contributed by atoms with Crippen molar-refractivity contribution in [2.45, 2.75) is 19.8 Å². The van der Waals surface area contributed by atoms with Gasteiger partial charge in [0.25, 0.3) is 0 Å². The van der Waals surface area contributed by atoms with Crippen molar-refractivity contribution in [1.82, 2.24) is 9.97 Å². The van der Waals surface area contributed by atoms with E-state index in [1.807, 2.05) is 13.8 Å². The molecule has 0 saturated heterocycles. The highest BCUT2D eigenvalue weighted by molar-refractivity contribution is 7.84.